The molecule has 4 aromatic rings. The number of carbonyl (C=O) groups excluding carboxylic acids is 2. The van der Waals surface area contributed by atoms with E-state index < -0.39 is 61.6 Å². The Morgan fingerprint density at radius 2 is 1.00 bits per heavy atom. The van der Waals surface area contributed by atoms with E-state index in [9.17, 15) is 43.3 Å². The van der Waals surface area contributed by atoms with Gasteiger partial charge in [-0.25, -0.2) is 47.6 Å². The number of nitrogens with zero attached hydrogens (tertiary/aromatic N) is 5. The van der Waals surface area contributed by atoms with Crippen LogP contribution in [0.15, 0.2) is 97.3 Å². The van der Waals surface area contributed by atoms with E-state index in [-0.39, 0.29) is 57.0 Å². The van der Waals surface area contributed by atoms with Crippen molar-refractivity contribution in [3.8, 4) is 0 Å². The summed E-state index contributed by atoms with van der Waals surface area (Å²) in [5.74, 6) is -1.000. The monoisotopic (exact) mass is 1010 g/mol. The summed E-state index contributed by atoms with van der Waals surface area (Å²) < 4.78 is 109. The molecule has 64 heavy (non-hydrogen) atoms. The van der Waals surface area contributed by atoms with E-state index in [0.717, 1.165) is 12.5 Å². The van der Waals surface area contributed by atoms with E-state index in [4.69, 9.17) is 0 Å². The summed E-state index contributed by atoms with van der Waals surface area (Å²) in [6.45, 7) is 1.81. The summed E-state index contributed by atoms with van der Waals surface area (Å²) in [5, 5.41) is 2.07. The molecule has 2 aliphatic heterocycles. The van der Waals surface area contributed by atoms with Gasteiger partial charge in [0.2, 0.25) is 39.1 Å². The molecule has 0 atom stereocenters. The first kappa shape index (κ1) is 53.9. The van der Waals surface area contributed by atoms with Crippen LogP contribution in [0.1, 0.15) is 57.8 Å². The fourth-order valence-corrected chi connectivity index (χ4v) is 11.3. The lowest BCUT2D eigenvalue weighted by Crippen LogP contribution is -2.46. The first-order valence-electron chi connectivity index (χ1n) is 19.4. The number of hydrogen-bond donors (Lipinski definition) is 1. The minimum atomic E-state index is -3.80. The van der Waals surface area contributed by atoms with E-state index in [2.05, 4.69) is 35.4 Å². The summed E-state index contributed by atoms with van der Waals surface area (Å²) in [7, 11) is -6.81. The summed E-state index contributed by atoms with van der Waals surface area (Å²) in [4.78, 5) is 31.6. The molecule has 2 aliphatic rings. The summed E-state index contributed by atoms with van der Waals surface area (Å²) in [6.07, 6.45) is 6.40. The van der Waals surface area contributed by atoms with E-state index >= 15 is 0 Å². The Kier molecular flexibility index (Phi) is 20.4. The largest absolute Gasteiger partial charge is 0.465 e. The van der Waals surface area contributed by atoms with Crippen LogP contribution in [0, 0.1) is 0 Å². The van der Waals surface area contributed by atoms with Gasteiger partial charge in [-0.1, -0.05) is 36.4 Å². The topological polar surface area (TPSA) is 237 Å². The SMILES string of the molecule is COC(=O)c1ccc(CN(c2ccccc2)S(=O)(=O)C2CCN(S(C)(=O)=O)CC2)nc1.COC(=O)c1ccc(CN(c2ccccc2)S(=O)(=O)C2CCNCC2)nc1.CS(=O)(=O)Cl.Cl. The second-order valence-corrected chi connectivity index (χ2v) is 23.6. The van der Waals surface area contributed by atoms with Crippen molar-refractivity contribution in [3.05, 3.63) is 120 Å². The van der Waals surface area contributed by atoms with E-state index in [1.54, 1.807) is 60.7 Å². The second kappa shape index (κ2) is 24.2. The molecule has 1 N–H and O–H groups in total. The average Bonchev–Trinajstić information content (AvgIpc) is 3.27. The van der Waals surface area contributed by atoms with Crippen LogP contribution in [0.3, 0.4) is 0 Å². The van der Waals surface area contributed by atoms with Crippen molar-refractivity contribution in [3.63, 3.8) is 0 Å². The maximum Gasteiger partial charge on any atom is 0.339 e. The highest BCUT2D eigenvalue weighted by molar-refractivity contribution is 8.13. The zero-order valence-corrected chi connectivity index (χ0v) is 40.4. The molecule has 0 unspecified atom stereocenters. The molecule has 2 aromatic heterocycles. The first-order chi connectivity index (χ1) is 29.6. The highest BCUT2D eigenvalue weighted by Gasteiger charge is 2.37. The number of anilines is 2. The highest BCUT2D eigenvalue weighted by atomic mass is 35.7. The molecule has 18 nitrogen and oxygen atoms in total. The van der Waals surface area contributed by atoms with E-state index in [0.29, 0.717) is 54.3 Å². The molecule has 0 aliphatic carbocycles. The smallest absolute Gasteiger partial charge is 0.339 e. The number of benzene rings is 2. The average molecular weight is 1010 g/mol. The number of sulfonamides is 3. The van der Waals surface area contributed by atoms with Crippen molar-refractivity contribution in [2.75, 3.05) is 61.5 Å². The molecule has 24 heteroatoms. The van der Waals surface area contributed by atoms with Crippen LogP contribution in [0.5, 0.6) is 0 Å². The number of ether oxygens (including phenoxy) is 2. The van der Waals surface area contributed by atoms with Crippen LogP contribution in [0.2, 0.25) is 0 Å². The first-order valence-corrected chi connectivity index (χ1v) is 27.0. The Morgan fingerprint density at radius 1 is 0.641 bits per heavy atom. The molecule has 2 aromatic carbocycles. The number of nitrogens with one attached hydrogen (secondary N) is 1. The molecule has 2 fully saturated rings. The fraction of sp³-hybridized carbons (Fsp3) is 0.400. The number of piperidine rings is 2. The zero-order chi connectivity index (χ0) is 46.4. The lowest BCUT2D eigenvalue weighted by atomic mass is 10.2. The van der Waals surface area contributed by atoms with Gasteiger partial charge in [0.1, 0.15) is 0 Å². The number of methoxy groups -OCH3 is 2. The van der Waals surface area contributed by atoms with Crippen LogP contribution < -0.4 is 13.9 Å². The zero-order valence-electron chi connectivity index (χ0n) is 35.5. The van der Waals surface area contributed by atoms with Crippen molar-refractivity contribution in [1.82, 2.24) is 19.6 Å². The lowest BCUT2D eigenvalue weighted by Gasteiger charge is -2.34. The molecule has 0 saturated carbocycles. The molecule has 4 heterocycles. The van der Waals surface area contributed by atoms with Gasteiger partial charge in [0, 0.05) is 36.2 Å². The third kappa shape index (κ3) is 15.9. The van der Waals surface area contributed by atoms with Gasteiger partial charge in [-0.2, -0.15) is 0 Å². The number of esters is 2. The maximum atomic E-state index is 13.5. The van der Waals surface area contributed by atoms with Gasteiger partial charge >= 0.3 is 11.9 Å². The van der Waals surface area contributed by atoms with E-state index in [1.165, 1.54) is 45.6 Å². The van der Waals surface area contributed by atoms with Gasteiger partial charge in [0.15, 0.2) is 0 Å². The predicted octanol–water partition coefficient (Wildman–Crippen LogP) is 4.19. The number of rotatable bonds is 13. The van der Waals surface area contributed by atoms with Gasteiger partial charge in [-0.05, 0) is 87.3 Å². The Morgan fingerprint density at radius 3 is 1.31 bits per heavy atom. The third-order valence-corrected chi connectivity index (χ3v) is 15.6. The molecule has 0 bridgehead atoms. The quantitative estimate of drug-likeness (QED) is 0.146. The number of para-hydroxylation sites is 2. The van der Waals surface area contributed by atoms with Crippen LogP contribution >= 0.6 is 23.1 Å². The number of halogens is 2. The van der Waals surface area contributed by atoms with Crippen molar-refractivity contribution in [2.24, 2.45) is 0 Å². The minimum Gasteiger partial charge on any atom is -0.465 e. The Labute approximate surface area is 386 Å². The molecule has 0 spiro atoms. The number of pyridine rings is 2. The Hall–Kier alpha value is -4.42. The number of carbonyl (C=O) groups is 2. The van der Waals surface area contributed by atoms with Gasteiger partial charge in [-0.15, -0.1) is 12.4 Å². The van der Waals surface area contributed by atoms with Crippen LogP contribution in [0.4, 0.5) is 11.4 Å². The third-order valence-electron chi connectivity index (χ3n) is 9.80. The molecular weight excluding hydrogens is 956 g/mol. The summed E-state index contributed by atoms with van der Waals surface area (Å²) in [5.41, 5.74) is 2.72. The molecule has 0 amide bonds. The lowest BCUT2D eigenvalue weighted by molar-refractivity contribution is 0.0591. The van der Waals surface area contributed by atoms with Crippen molar-refractivity contribution in [2.45, 2.75) is 49.3 Å². The second-order valence-electron chi connectivity index (χ2n) is 14.3. The maximum absolute atomic E-state index is 13.5. The minimum absolute atomic E-state index is 0. The van der Waals surface area contributed by atoms with Gasteiger partial charge in [-0.3, -0.25) is 18.6 Å². The van der Waals surface area contributed by atoms with Crippen LogP contribution in [-0.2, 0) is 61.7 Å². The normalized spacial score (nSPS) is 15.1. The molecule has 0 radical (unpaired) electrons. The fourth-order valence-electron chi connectivity index (χ4n) is 6.57. The van der Waals surface area contributed by atoms with E-state index in [1.807, 2.05) is 18.2 Å². The van der Waals surface area contributed by atoms with Crippen molar-refractivity contribution in [1.29, 1.82) is 0 Å². The highest BCUT2D eigenvalue weighted by Crippen LogP contribution is 2.29. The Balaban J connectivity index is 0.000000306. The van der Waals surface area contributed by atoms with Crippen LogP contribution in [-0.4, -0.2) is 123 Å². The molecule has 2 saturated heterocycles. The van der Waals surface area contributed by atoms with Crippen LogP contribution in [0.25, 0.3) is 0 Å². The number of aromatic nitrogens is 2. The van der Waals surface area contributed by atoms with Gasteiger partial charge < -0.3 is 14.8 Å². The molecule has 6 rings (SSSR count). The standard InChI is InChI=1S/C20H25N3O6S2.C19H23N3O4S.CH3ClO2S.ClH/c1-29-20(24)16-8-9-17(21-14-16)15-23(18-6-4-3-5-7-18)31(27,28)19-10-12-22(13-11-19)30(2,25)26;1-26-19(23)15-7-8-16(21-13-15)14-22(17-5-3-2-4-6-17)27(24,25)18-9-11-20-12-10-18;1-5(2,3)4;/h3-9,14,19H,10-13,15H2,1-2H3;2-8,13,18,20H,9-12,14H2,1H3;1H3;1H. The summed E-state index contributed by atoms with van der Waals surface area (Å²) in [6, 6.07) is 24.1. The number of hydrogen-bond acceptors (Lipinski definition) is 15. The molecular formula is C40H52Cl2N6O12S4. The summed E-state index contributed by atoms with van der Waals surface area (Å²) >= 11 is 0. The van der Waals surface area contributed by atoms with Crippen molar-refractivity contribution >= 4 is 85.5 Å². The van der Waals surface area contributed by atoms with Crippen molar-refractivity contribution < 1.29 is 52.7 Å². The Bertz CT molecular complexity index is 2560. The van der Waals surface area contributed by atoms with Gasteiger partial charge in [0.25, 0.3) is 0 Å². The molecule has 352 valence electrons. The van der Waals surface area contributed by atoms with Gasteiger partial charge in [0.05, 0.1) is 84.2 Å². The predicted molar refractivity (Wildman–Crippen MR) is 248 cm³/mol.